The van der Waals surface area contributed by atoms with Gasteiger partial charge in [0.25, 0.3) is 5.56 Å². The molecule has 2 heterocycles. The van der Waals surface area contributed by atoms with E-state index in [1.54, 1.807) is 0 Å². The maximum Gasteiger partial charge on any atom is 0.333 e. The van der Waals surface area contributed by atoms with Crippen molar-refractivity contribution in [3.8, 4) is 0 Å². The first kappa shape index (κ1) is 15.0. The Morgan fingerprint density at radius 1 is 1.45 bits per heavy atom. The van der Waals surface area contributed by atoms with Gasteiger partial charge in [-0.2, -0.15) is 0 Å². The van der Waals surface area contributed by atoms with E-state index < -0.39 is 24.1 Å². The molecule has 7 heteroatoms. The largest absolute Gasteiger partial charge is 0.394 e. The Hall–Kier alpha value is -1.44. The lowest BCUT2D eigenvalue weighted by molar-refractivity contribution is -0.0463. The Morgan fingerprint density at radius 2 is 2.20 bits per heavy atom. The van der Waals surface area contributed by atoms with Crippen LogP contribution in [-0.2, 0) is 11.3 Å². The van der Waals surface area contributed by atoms with Crippen molar-refractivity contribution in [2.24, 2.45) is 0 Å². The predicted molar refractivity (Wildman–Crippen MR) is 71.5 cm³/mol. The van der Waals surface area contributed by atoms with E-state index in [9.17, 15) is 14.7 Å². The first-order valence-electron chi connectivity index (χ1n) is 6.84. The number of rotatable bonds is 5. The van der Waals surface area contributed by atoms with Crippen LogP contribution >= 0.6 is 0 Å². The van der Waals surface area contributed by atoms with Gasteiger partial charge in [-0.05, 0) is 6.42 Å². The normalized spacial score (nSPS) is 26.1. The molecule has 1 aromatic rings. The Kier molecular flexibility index (Phi) is 4.74. The van der Waals surface area contributed by atoms with Crippen molar-refractivity contribution in [2.45, 2.75) is 51.2 Å². The summed E-state index contributed by atoms with van der Waals surface area (Å²) in [5, 5.41) is 18.8. The van der Waals surface area contributed by atoms with E-state index >= 15 is 0 Å². The van der Waals surface area contributed by atoms with Gasteiger partial charge in [0.1, 0.15) is 12.3 Å². The molecule has 2 N–H and O–H groups in total. The summed E-state index contributed by atoms with van der Waals surface area (Å²) in [7, 11) is 0. The fourth-order valence-corrected chi connectivity index (χ4v) is 2.32. The summed E-state index contributed by atoms with van der Waals surface area (Å²) < 4.78 is 7.91. The van der Waals surface area contributed by atoms with E-state index in [0.717, 1.165) is 12.8 Å². The molecule has 20 heavy (non-hydrogen) atoms. The van der Waals surface area contributed by atoms with Crippen molar-refractivity contribution in [1.29, 1.82) is 0 Å². The van der Waals surface area contributed by atoms with E-state index in [4.69, 9.17) is 9.84 Å². The topological polar surface area (TPSA) is 93.7 Å². The Labute approximate surface area is 116 Å². The molecule has 1 fully saturated rings. The van der Waals surface area contributed by atoms with Gasteiger partial charge in [0.05, 0.1) is 12.7 Å². The molecule has 1 aliphatic rings. The Morgan fingerprint density at radius 3 is 2.80 bits per heavy atom. The van der Waals surface area contributed by atoms with E-state index in [-0.39, 0.29) is 18.6 Å². The molecular weight excluding hydrogens is 264 g/mol. The van der Waals surface area contributed by atoms with Gasteiger partial charge in [-0.25, -0.2) is 4.79 Å². The molecule has 0 aromatic carbocycles. The molecule has 3 atom stereocenters. The number of aromatic nitrogens is 2. The van der Waals surface area contributed by atoms with Gasteiger partial charge in [0, 0.05) is 25.2 Å². The van der Waals surface area contributed by atoms with E-state index in [0.29, 0.717) is 6.54 Å². The lowest BCUT2D eigenvalue weighted by atomic mass is 10.2. The third-order valence-electron chi connectivity index (χ3n) is 3.53. The molecule has 0 bridgehead atoms. The van der Waals surface area contributed by atoms with Crippen molar-refractivity contribution >= 4 is 0 Å². The molecule has 1 saturated heterocycles. The summed E-state index contributed by atoms with van der Waals surface area (Å²) in [6.07, 6.45) is 1.07. The van der Waals surface area contributed by atoms with Gasteiger partial charge in [-0.3, -0.25) is 13.9 Å². The van der Waals surface area contributed by atoms with E-state index in [2.05, 4.69) is 0 Å². The number of hydrogen-bond donors (Lipinski definition) is 2. The molecule has 0 unspecified atom stereocenters. The highest BCUT2D eigenvalue weighted by Gasteiger charge is 2.35. The summed E-state index contributed by atoms with van der Waals surface area (Å²) in [5.41, 5.74) is -0.779. The minimum absolute atomic E-state index is 0.219. The van der Waals surface area contributed by atoms with E-state index in [1.807, 2.05) is 6.92 Å². The fraction of sp³-hybridized carbons (Fsp3) is 0.692. The van der Waals surface area contributed by atoms with Crippen molar-refractivity contribution in [3.05, 3.63) is 33.1 Å². The molecule has 0 spiro atoms. The second kappa shape index (κ2) is 6.34. The third kappa shape index (κ3) is 2.84. The highest BCUT2D eigenvalue weighted by Crippen LogP contribution is 2.26. The highest BCUT2D eigenvalue weighted by molar-refractivity contribution is 4.90. The number of aliphatic hydroxyl groups excluding tert-OH is 2. The van der Waals surface area contributed by atoms with Crippen LogP contribution in [0.1, 0.15) is 32.4 Å². The Balaban J connectivity index is 2.30. The molecule has 0 saturated carbocycles. The molecule has 112 valence electrons. The number of aliphatic hydroxyl groups is 2. The third-order valence-corrected chi connectivity index (χ3v) is 3.53. The molecule has 0 amide bonds. The van der Waals surface area contributed by atoms with Crippen molar-refractivity contribution in [3.63, 3.8) is 0 Å². The number of ether oxygens (including phenoxy) is 1. The average Bonchev–Trinajstić information content (AvgIpc) is 2.79. The predicted octanol–water partition coefficient (Wildman–Crippen LogP) is -0.549. The summed E-state index contributed by atoms with van der Waals surface area (Å²) >= 11 is 0. The minimum atomic E-state index is -0.812. The van der Waals surface area contributed by atoms with Crippen LogP contribution in [0.4, 0.5) is 0 Å². The first-order chi connectivity index (χ1) is 9.58. The molecule has 2 rings (SSSR count). The van der Waals surface area contributed by atoms with Crippen molar-refractivity contribution in [2.75, 3.05) is 6.61 Å². The highest BCUT2D eigenvalue weighted by atomic mass is 16.5. The van der Waals surface area contributed by atoms with Gasteiger partial charge < -0.3 is 14.9 Å². The molecule has 0 aliphatic carbocycles. The summed E-state index contributed by atoms with van der Waals surface area (Å²) in [6.45, 7) is 2.05. The quantitative estimate of drug-likeness (QED) is 0.756. The standard InChI is InChI=1S/C13H20N2O5/c1-2-3-5-14-11(18)4-6-15(13(14)19)12-7-9(17)10(8-16)20-12/h4,6,9-10,12,16-17H,2-3,5,7-8H2,1H3/t9-,10+,12+/m0/s1. The zero-order chi connectivity index (χ0) is 14.7. The summed E-state index contributed by atoms with van der Waals surface area (Å²) in [5.74, 6) is 0. The van der Waals surface area contributed by atoms with E-state index in [1.165, 1.54) is 21.4 Å². The smallest absolute Gasteiger partial charge is 0.333 e. The Bertz CT molecular complexity index is 565. The molecule has 7 nitrogen and oxygen atoms in total. The van der Waals surface area contributed by atoms with Gasteiger partial charge in [0.15, 0.2) is 0 Å². The van der Waals surface area contributed by atoms with Crippen molar-refractivity contribution < 1.29 is 14.9 Å². The van der Waals surface area contributed by atoms with Crippen LogP contribution in [0.15, 0.2) is 21.9 Å². The lowest BCUT2D eigenvalue weighted by Crippen LogP contribution is -2.40. The fourth-order valence-electron chi connectivity index (χ4n) is 2.32. The number of unbranched alkanes of at least 4 members (excludes halogenated alkanes) is 1. The van der Waals surface area contributed by atoms with Crippen molar-refractivity contribution in [1.82, 2.24) is 9.13 Å². The molecular formula is C13H20N2O5. The zero-order valence-electron chi connectivity index (χ0n) is 11.4. The van der Waals surface area contributed by atoms with Crippen LogP contribution in [0.2, 0.25) is 0 Å². The lowest BCUT2D eigenvalue weighted by Gasteiger charge is -2.16. The SMILES string of the molecule is CCCCn1c(=O)ccn([C@H]2C[C@H](O)[C@@H](CO)O2)c1=O. The monoisotopic (exact) mass is 284 g/mol. The van der Waals surface area contributed by atoms with Crippen LogP contribution in [0, 0.1) is 0 Å². The second-order valence-electron chi connectivity index (χ2n) is 4.96. The first-order valence-corrected chi connectivity index (χ1v) is 6.84. The van der Waals surface area contributed by atoms with Gasteiger partial charge >= 0.3 is 5.69 Å². The second-order valence-corrected chi connectivity index (χ2v) is 4.96. The summed E-state index contributed by atoms with van der Waals surface area (Å²) in [6, 6.07) is 1.32. The minimum Gasteiger partial charge on any atom is -0.394 e. The van der Waals surface area contributed by atoms with Crippen LogP contribution in [0.25, 0.3) is 0 Å². The maximum absolute atomic E-state index is 12.3. The zero-order valence-corrected chi connectivity index (χ0v) is 11.4. The maximum atomic E-state index is 12.3. The number of nitrogens with zero attached hydrogens (tertiary/aromatic N) is 2. The average molecular weight is 284 g/mol. The van der Waals surface area contributed by atoms with Crippen LogP contribution in [-0.4, -0.2) is 38.2 Å². The molecule has 1 aliphatic heterocycles. The number of hydrogen-bond acceptors (Lipinski definition) is 5. The van der Waals surface area contributed by atoms with Crippen LogP contribution in [0.5, 0.6) is 0 Å². The van der Waals surface area contributed by atoms with Crippen LogP contribution < -0.4 is 11.2 Å². The van der Waals surface area contributed by atoms with Gasteiger partial charge in [0.2, 0.25) is 0 Å². The van der Waals surface area contributed by atoms with Crippen LogP contribution in [0.3, 0.4) is 0 Å². The van der Waals surface area contributed by atoms with Gasteiger partial charge in [-0.1, -0.05) is 13.3 Å². The molecule has 0 radical (unpaired) electrons. The summed E-state index contributed by atoms with van der Waals surface area (Å²) in [4.78, 5) is 24.0. The van der Waals surface area contributed by atoms with Gasteiger partial charge in [-0.15, -0.1) is 0 Å². The molecule has 1 aromatic heterocycles.